The summed E-state index contributed by atoms with van der Waals surface area (Å²) in [5.74, 6) is 1.46. The molecule has 0 unspecified atom stereocenters. The molecule has 0 amide bonds. The first kappa shape index (κ1) is 32.6. The van der Waals surface area contributed by atoms with Gasteiger partial charge in [0, 0.05) is 63.1 Å². The third-order valence-corrected chi connectivity index (χ3v) is 14.5. The molecule has 0 N–H and O–H groups in total. The van der Waals surface area contributed by atoms with Crippen molar-refractivity contribution < 1.29 is 36.9 Å². The Bertz CT molecular complexity index is 5520. The van der Waals surface area contributed by atoms with E-state index in [-0.39, 0.29) is 80.3 Å². The average molecular weight is 1080 g/mol. The molecule has 394 valence electrons. The smallest absolute Gasteiger partial charge is 0.143 e. The number of hydrogen-bond donors (Lipinski definition) is 0. The van der Waals surface area contributed by atoms with Crippen LogP contribution in [0.25, 0.3) is 83.3 Å². The second-order valence-corrected chi connectivity index (χ2v) is 20.5. The number of ether oxygens (including phenoxy) is 2. The maximum Gasteiger partial charge on any atom is 0.143 e. The Hall–Kier alpha value is -10.4. The van der Waals surface area contributed by atoms with Gasteiger partial charge in [0.1, 0.15) is 35.5 Å². The van der Waals surface area contributed by atoms with E-state index in [2.05, 4.69) is 20.8 Å². The normalized spacial score (nSPS) is 15.6. The van der Waals surface area contributed by atoms with E-state index in [4.69, 9.17) is 41.9 Å². The molecule has 6 heteroatoms. The van der Waals surface area contributed by atoms with Crippen LogP contribution in [0.15, 0.2) is 285 Å². The van der Waals surface area contributed by atoms with Gasteiger partial charge in [0.15, 0.2) is 0 Å². The van der Waals surface area contributed by atoms with Gasteiger partial charge in [-0.05, 0) is 99.0 Å². The molecule has 0 aliphatic carbocycles. The lowest BCUT2D eigenvalue weighted by molar-refractivity contribution is 0.483. The van der Waals surface area contributed by atoms with E-state index in [1.165, 1.54) is 0 Å². The summed E-state index contributed by atoms with van der Waals surface area (Å²) in [6.45, 7) is 6.30. The van der Waals surface area contributed by atoms with Crippen LogP contribution < -0.4 is 19.3 Å². The summed E-state index contributed by atoms with van der Waals surface area (Å²) in [6, 6.07) is 36.0. The zero-order valence-corrected chi connectivity index (χ0v) is 44.4. The highest BCUT2D eigenvalue weighted by atomic mass is 16.5. The van der Waals surface area contributed by atoms with Gasteiger partial charge in [-0.25, -0.2) is 4.98 Å². The van der Waals surface area contributed by atoms with Crippen molar-refractivity contribution in [2.24, 2.45) is 0 Å². The third-order valence-electron chi connectivity index (χ3n) is 14.5. The van der Waals surface area contributed by atoms with Crippen molar-refractivity contribution in [2.45, 2.75) is 26.2 Å². The van der Waals surface area contributed by atoms with Crippen molar-refractivity contribution in [2.75, 3.05) is 16.5 Å². The van der Waals surface area contributed by atoms with Crippen molar-refractivity contribution in [3.8, 4) is 84.5 Å². The standard InChI is InChI=1S/C76H58N4O2/c1-76(2,3)58-40-37-56(38-41-58)66-34-20-33-65(55-27-14-7-15-28-55)75(66)82-62-45-46-77-73(50-62)80-69-44-39-57(52-21-8-4-9-22-52)47-68(69)67-43-42-61(49-72(67)80)81-60-30-18-29-59(48-60)78-51-79(71-36-17-16-35-70(71)78)74-63(53-23-10-5-11-24-53)31-19-32-64(74)54-25-12-6-13-26-54/h4-50H,51H2,1-3H3/i4D,5D,6D,7D,8D,9D,10D,11D,12D,13D,14D,15D,21D,22D,23D,24D,25D,26D,27D,28D. The van der Waals surface area contributed by atoms with Crippen molar-refractivity contribution >= 4 is 44.6 Å². The van der Waals surface area contributed by atoms with E-state index in [9.17, 15) is 0 Å². The van der Waals surface area contributed by atoms with Gasteiger partial charge in [0.25, 0.3) is 0 Å². The highest BCUT2D eigenvalue weighted by molar-refractivity contribution is 6.11. The van der Waals surface area contributed by atoms with Crippen LogP contribution >= 0.6 is 0 Å². The zero-order chi connectivity index (χ0) is 72.6. The topological polar surface area (TPSA) is 42.8 Å². The van der Waals surface area contributed by atoms with E-state index in [1.54, 1.807) is 97.2 Å². The lowest BCUT2D eigenvalue weighted by atomic mass is 9.86. The second kappa shape index (κ2) is 21.0. The minimum absolute atomic E-state index is 0.00438. The van der Waals surface area contributed by atoms with Crippen LogP contribution in [0.1, 0.15) is 53.7 Å². The number of hydrogen-bond acceptors (Lipinski definition) is 5. The predicted molar refractivity (Wildman–Crippen MR) is 340 cm³/mol. The van der Waals surface area contributed by atoms with Gasteiger partial charge in [0.05, 0.1) is 55.5 Å². The third kappa shape index (κ3) is 9.40. The number of benzene rings is 11. The van der Waals surface area contributed by atoms with Crippen LogP contribution in [0.5, 0.6) is 23.0 Å². The lowest BCUT2D eigenvalue weighted by Gasteiger charge is -2.27. The molecule has 3 heterocycles. The Labute approximate surface area is 507 Å². The summed E-state index contributed by atoms with van der Waals surface area (Å²) in [5, 5.41) is 1.24. The summed E-state index contributed by atoms with van der Waals surface area (Å²) in [4.78, 5) is 8.68. The molecule has 13 aromatic rings. The lowest BCUT2D eigenvalue weighted by Crippen LogP contribution is -2.24. The fourth-order valence-corrected chi connectivity index (χ4v) is 10.7. The molecule has 0 saturated carbocycles. The predicted octanol–water partition coefficient (Wildman–Crippen LogP) is 20.6. The number of anilines is 4. The quantitative estimate of drug-likeness (QED) is 0.122. The Morgan fingerprint density at radius 1 is 0.415 bits per heavy atom. The molecular weight excluding hydrogens is 1000 g/mol. The molecule has 1 aliphatic heterocycles. The maximum atomic E-state index is 9.15. The summed E-state index contributed by atoms with van der Waals surface area (Å²) in [5.41, 5.74) is 5.76. The van der Waals surface area contributed by atoms with Gasteiger partial charge in [0.2, 0.25) is 0 Å². The molecular formula is C76H58N4O2. The molecule has 0 radical (unpaired) electrons. The van der Waals surface area contributed by atoms with Crippen molar-refractivity contribution in [3.63, 3.8) is 0 Å². The summed E-state index contributed by atoms with van der Waals surface area (Å²) in [7, 11) is 0. The van der Waals surface area contributed by atoms with E-state index in [1.807, 2.05) is 81.1 Å². The number of fused-ring (bicyclic) bond motifs is 4. The first-order valence-electron chi connectivity index (χ1n) is 36.4. The van der Waals surface area contributed by atoms with E-state index in [0.717, 1.165) is 11.1 Å². The fraction of sp³-hybridized carbons (Fsp3) is 0.0658. The summed E-state index contributed by atoms with van der Waals surface area (Å²) >= 11 is 0. The molecule has 0 bridgehead atoms. The minimum atomic E-state index is -0.608. The van der Waals surface area contributed by atoms with Gasteiger partial charge >= 0.3 is 0 Å². The average Bonchev–Trinajstić information content (AvgIpc) is 1.60. The van der Waals surface area contributed by atoms with Crippen LogP contribution in [-0.4, -0.2) is 16.2 Å². The maximum absolute atomic E-state index is 9.15. The van der Waals surface area contributed by atoms with Crippen LogP contribution in [0, 0.1) is 0 Å². The molecule has 0 spiro atoms. The number of para-hydroxylation sites is 4. The highest BCUT2D eigenvalue weighted by Gasteiger charge is 2.32. The molecule has 0 saturated heterocycles. The molecule has 11 aromatic carbocycles. The van der Waals surface area contributed by atoms with Gasteiger partial charge < -0.3 is 19.3 Å². The molecule has 0 fully saturated rings. The van der Waals surface area contributed by atoms with Crippen LogP contribution in [0.4, 0.5) is 22.7 Å². The van der Waals surface area contributed by atoms with Gasteiger partial charge in [-0.15, -0.1) is 0 Å². The van der Waals surface area contributed by atoms with Gasteiger partial charge in [-0.2, -0.15) is 0 Å². The van der Waals surface area contributed by atoms with Crippen LogP contribution in [0.3, 0.4) is 0 Å². The first-order chi connectivity index (χ1) is 48.6. The Balaban J connectivity index is 0.896. The fourth-order valence-electron chi connectivity index (χ4n) is 10.7. The highest BCUT2D eigenvalue weighted by Crippen LogP contribution is 2.51. The Morgan fingerprint density at radius 2 is 0.963 bits per heavy atom. The first-order valence-corrected chi connectivity index (χ1v) is 26.4. The summed E-state index contributed by atoms with van der Waals surface area (Å²) in [6.07, 6.45) is 1.54. The number of rotatable bonds is 12. The van der Waals surface area contributed by atoms with E-state index in [0.29, 0.717) is 67.3 Å². The molecule has 14 rings (SSSR count). The van der Waals surface area contributed by atoms with Gasteiger partial charge in [-0.1, -0.05) is 227 Å². The van der Waals surface area contributed by atoms with E-state index >= 15 is 0 Å². The van der Waals surface area contributed by atoms with Crippen LogP contribution in [0.2, 0.25) is 0 Å². The molecule has 2 aromatic heterocycles. The van der Waals surface area contributed by atoms with Gasteiger partial charge in [-0.3, -0.25) is 4.57 Å². The largest absolute Gasteiger partial charge is 0.457 e. The second-order valence-electron chi connectivity index (χ2n) is 20.5. The van der Waals surface area contributed by atoms with Crippen LogP contribution in [-0.2, 0) is 5.41 Å². The molecule has 1 aliphatic rings. The Morgan fingerprint density at radius 3 is 1.61 bits per heavy atom. The Kier molecular flexibility index (Phi) is 8.34. The molecule has 82 heavy (non-hydrogen) atoms. The molecule has 6 nitrogen and oxygen atoms in total. The zero-order valence-electron chi connectivity index (χ0n) is 64.4. The minimum Gasteiger partial charge on any atom is -0.457 e. The van der Waals surface area contributed by atoms with Crippen molar-refractivity contribution in [3.05, 3.63) is 290 Å². The number of aromatic nitrogens is 2. The summed E-state index contributed by atoms with van der Waals surface area (Å²) < 4.78 is 191. The number of nitrogens with zero attached hydrogens (tertiary/aromatic N) is 4. The number of pyridine rings is 1. The monoisotopic (exact) mass is 1080 g/mol. The van der Waals surface area contributed by atoms with E-state index < -0.39 is 109 Å². The van der Waals surface area contributed by atoms with Crippen molar-refractivity contribution in [1.29, 1.82) is 0 Å². The SMILES string of the molecule is [2H]c1c([2H])c([2H])c(-c2ccc3c(c2)c2ccc(Oc4cccc(N5CN(c6c(-c7c([2H])c([2H])c([2H])c([2H])c7[2H])cccc6-c6c([2H])c([2H])c([2H])c([2H])c6[2H])c6ccccc65)c4)cc2n3-c2cc(Oc3c(-c4ccc(C(C)(C)C)cc4)cccc3-c3c([2H])c([2H])c([2H])c([2H])c3[2H])ccn2)c([2H])c1[2H]. The van der Waals surface area contributed by atoms with Crippen molar-refractivity contribution in [1.82, 2.24) is 9.55 Å². The molecule has 0 atom stereocenters.